The van der Waals surface area contributed by atoms with E-state index in [9.17, 15) is 14.4 Å². The number of carbonyl (C=O) groups excluding carboxylic acids is 3. The van der Waals surface area contributed by atoms with Gasteiger partial charge in [0.2, 0.25) is 0 Å². The number of carbonyl (C=O) groups is 3. The van der Waals surface area contributed by atoms with E-state index in [2.05, 4.69) is 124 Å². The maximum absolute atomic E-state index is 12.8. The second-order valence-electron chi connectivity index (χ2n) is 18.5. The van der Waals surface area contributed by atoms with Crippen molar-refractivity contribution in [3.8, 4) is 0 Å². The van der Waals surface area contributed by atoms with Gasteiger partial charge in [0, 0.05) is 19.3 Å². The van der Waals surface area contributed by atoms with Crippen molar-refractivity contribution in [1.29, 1.82) is 0 Å². The maximum atomic E-state index is 12.8. The lowest BCUT2D eigenvalue weighted by atomic mass is 10.1. The summed E-state index contributed by atoms with van der Waals surface area (Å²) >= 11 is 0. The molecule has 0 radical (unpaired) electrons. The van der Waals surface area contributed by atoms with E-state index in [1.807, 2.05) is 6.08 Å². The molecule has 0 aliphatic heterocycles. The van der Waals surface area contributed by atoms with Crippen LogP contribution in [0.25, 0.3) is 0 Å². The monoisotopic (exact) mass is 957 g/mol. The highest BCUT2D eigenvalue weighted by Crippen LogP contribution is 2.14. The van der Waals surface area contributed by atoms with Gasteiger partial charge < -0.3 is 14.2 Å². The predicted octanol–water partition coefficient (Wildman–Crippen LogP) is 19.1. The second-order valence-corrected chi connectivity index (χ2v) is 18.5. The van der Waals surface area contributed by atoms with Crippen LogP contribution >= 0.6 is 0 Å². The van der Waals surface area contributed by atoms with Crippen LogP contribution < -0.4 is 0 Å². The van der Waals surface area contributed by atoms with Gasteiger partial charge in [-0.3, -0.25) is 14.4 Å². The molecule has 0 aliphatic carbocycles. The van der Waals surface area contributed by atoms with Crippen LogP contribution in [0.2, 0.25) is 0 Å². The zero-order valence-electron chi connectivity index (χ0n) is 44.8. The smallest absolute Gasteiger partial charge is 0.306 e. The summed E-state index contributed by atoms with van der Waals surface area (Å²) in [5, 5.41) is 0. The number of hydrogen-bond acceptors (Lipinski definition) is 6. The summed E-state index contributed by atoms with van der Waals surface area (Å²) in [7, 11) is 0. The lowest BCUT2D eigenvalue weighted by Crippen LogP contribution is -2.30. The average molecular weight is 958 g/mol. The highest BCUT2D eigenvalue weighted by Gasteiger charge is 2.19. The van der Waals surface area contributed by atoms with Crippen LogP contribution in [0.15, 0.2) is 109 Å². The van der Waals surface area contributed by atoms with Gasteiger partial charge in [0.15, 0.2) is 6.10 Å². The third-order valence-corrected chi connectivity index (χ3v) is 11.7. The molecule has 0 N–H and O–H groups in total. The summed E-state index contributed by atoms with van der Waals surface area (Å²) in [5.74, 6) is -1.02. The summed E-state index contributed by atoms with van der Waals surface area (Å²) in [4.78, 5) is 38.1. The minimum Gasteiger partial charge on any atom is -0.462 e. The Morgan fingerprint density at radius 3 is 1.01 bits per heavy atom. The number of rotatable bonds is 50. The van der Waals surface area contributed by atoms with Gasteiger partial charge in [0.05, 0.1) is 0 Å². The van der Waals surface area contributed by atoms with Gasteiger partial charge in [-0.05, 0) is 116 Å². The van der Waals surface area contributed by atoms with Crippen LogP contribution in [0.1, 0.15) is 252 Å². The fraction of sp³-hybridized carbons (Fsp3) is 0.667. The minimum atomic E-state index is -0.820. The van der Waals surface area contributed by atoms with Gasteiger partial charge in [-0.2, -0.15) is 0 Å². The Hall–Kier alpha value is -3.93. The molecule has 6 heteroatoms. The van der Waals surface area contributed by atoms with E-state index in [1.165, 1.54) is 103 Å². The van der Waals surface area contributed by atoms with Gasteiger partial charge in [-0.25, -0.2) is 0 Å². The molecule has 0 saturated carbocycles. The molecule has 0 saturated heterocycles. The van der Waals surface area contributed by atoms with Gasteiger partial charge in [0.1, 0.15) is 13.2 Å². The van der Waals surface area contributed by atoms with Crippen LogP contribution in [0.4, 0.5) is 0 Å². The molecule has 0 bridgehead atoms. The van der Waals surface area contributed by atoms with Crippen molar-refractivity contribution >= 4 is 17.9 Å². The Bertz CT molecular complexity index is 1420. The number of hydrogen-bond donors (Lipinski definition) is 0. The fourth-order valence-electron chi connectivity index (χ4n) is 7.49. The molecule has 0 spiro atoms. The van der Waals surface area contributed by atoms with Crippen LogP contribution in [-0.4, -0.2) is 37.2 Å². The minimum absolute atomic E-state index is 0.111. The highest BCUT2D eigenvalue weighted by molar-refractivity contribution is 5.71. The van der Waals surface area contributed by atoms with Gasteiger partial charge in [0.25, 0.3) is 0 Å². The van der Waals surface area contributed by atoms with E-state index in [0.29, 0.717) is 19.3 Å². The van der Waals surface area contributed by atoms with Gasteiger partial charge >= 0.3 is 17.9 Å². The molecule has 0 heterocycles. The molecule has 0 unspecified atom stereocenters. The topological polar surface area (TPSA) is 78.9 Å². The SMILES string of the molecule is CC/C=C\C/C=C\C/C=C\C/C=C\C/C=C\C/C=C\CCC(=O)OC[C@H](COC(=O)CCCCCCCCC/C=C\CCCCCCCC)OC(=O)CCCCCCC/C=C\C/C=C\CCCCC. The van der Waals surface area contributed by atoms with Crippen LogP contribution in [0.3, 0.4) is 0 Å². The van der Waals surface area contributed by atoms with Gasteiger partial charge in [-0.1, -0.05) is 226 Å². The molecule has 0 rings (SSSR count). The number of unbranched alkanes of at least 4 members (excludes halogenated alkanes) is 21. The van der Waals surface area contributed by atoms with Crippen molar-refractivity contribution in [2.24, 2.45) is 0 Å². The zero-order valence-corrected chi connectivity index (χ0v) is 44.8. The number of allylic oxidation sites excluding steroid dienone is 18. The quantitative estimate of drug-likeness (QED) is 0.0262. The zero-order chi connectivity index (χ0) is 50.0. The summed E-state index contributed by atoms with van der Waals surface area (Å²) in [6, 6.07) is 0. The van der Waals surface area contributed by atoms with E-state index in [0.717, 1.165) is 103 Å². The molecular weight excluding hydrogens is 853 g/mol. The molecule has 6 nitrogen and oxygen atoms in total. The Balaban J connectivity index is 4.53. The highest BCUT2D eigenvalue weighted by atomic mass is 16.6. The molecule has 0 aromatic heterocycles. The Morgan fingerprint density at radius 1 is 0.304 bits per heavy atom. The van der Waals surface area contributed by atoms with Crippen molar-refractivity contribution in [2.75, 3.05) is 13.2 Å². The Labute approximate surface area is 425 Å². The largest absolute Gasteiger partial charge is 0.462 e. The average Bonchev–Trinajstić information content (AvgIpc) is 3.35. The van der Waals surface area contributed by atoms with Crippen molar-refractivity contribution in [3.05, 3.63) is 109 Å². The molecule has 392 valence electrons. The Morgan fingerprint density at radius 2 is 0.594 bits per heavy atom. The first-order valence-electron chi connectivity index (χ1n) is 28.4. The van der Waals surface area contributed by atoms with Crippen molar-refractivity contribution in [1.82, 2.24) is 0 Å². The van der Waals surface area contributed by atoms with E-state index in [4.69, 9.17) is 14.2 Å². The lowest BCUT2D eigenvalue weighted by Gasteiger charge is -2.18. The summed E-state index contributed by atoms with van der Waals surface area (Å²) in [6.07, 6.45) is 76.6. The predicted molar refractivity (Wildman–Crippen MR) is 297 cm³/mol. The molecule has 0 aromatic rings. The standard InChI is InChI=1S/C63H104O6/c1-4-7-10-13-16-19-22-25-28-30-31-33-36-38-41-44-47-50-53-56-62(65)68-59-60(69-63(66)57-54-51-48-45-42-39-34-27-24-21-18-15-12-9-6-3)58-67-61(64)55-52-49-46-43-40-37-35-32-29-26-23-20-17-14-11-8-5-2/h7,10,16,18-19,21,25-29,31,33-34,38,41,47,50,60H,4-6,8-9,11-15,17,20,22-24,30,32,35-37,39-40,42-46,48-49,51-59H2,1-3H3/b10-7-,19-16-,21-18-,28-25-,29-26-,33-31-,34-27-,41-38-,50-47-/t60-/m0/s1. The molecule has 0 aromatic carbocycles. The van der Waals surface area contributed by atoms with Crippen molar-refractivity contribution in [2.45, 2.75) is 258 Å². The van der Waals surface area contributed by atoms with Crippen LogP contribution in [0.5, 0.6) is 0 Å². The lowest BCUT2D eigenvalue weighted by molar-refractivity contribution is -0.166. The summed E-state index contributed by atoms with van der Waals surface area (Å²) in [6.45, 7) is 6.42. The van der Waals surface area contributed by atoms with Gasteiger partial charge in [-0.15, -0.1) is 0 Å². The Kier molecular flexibility index (Phi) is 53.4. The normalized spacial score (nSPS) is 12.9. The van der Waals surface area contributed by atoms with Crippen molar-refractivity contribution < 1.29 is 28.6 Å². The van der Waals surface area contributed by atoms with Crippen LogP contribution in [0, 0.1) is 0 Å². The first-order chi connectivity index (χ1) is 34.0. The molecule has 1 atom stereocenters. The second kappa shape index (κ2) is 56.7. The summed E-state index contributed by atoms with van der Waals surface area (Å²) in [5.41, 5.74) is 0. The number of ether oxygens (including phenoxy) is 3. The fourth-order valence-corrected chi connectivity index (χ4v) is 7.49. The van der Waals surface area contributed by atoms with Crippen LogP contribution in [-0.2, 0) is 28.6 Å². The van der Waals surface area contributed by atoms with E-state index < -0.39 is 6.10 Å². The molecular formula is C63H104O6. The van der Waals surface area contributed by atoms with E-state index >= 15 is 0 Å². The first kappa shape index (κ1) is 65.1. The van der Waals surface area contributed by atoms with E-state index in [-0.39, 0.29) is 37.5 Å². The molecule has 0 amide bonds. The van der Waals surface area contributed by atoms with Crippen molar-refractivity contribution in [3.63, 3.8) is 0 Å². The van der Waals surface area contributed by atoms with E-state index in [1.54, 1.807) is 0 Å². The molecule has 0 fully saturated rings. The molecule has 69 heavy (non-hydrogen) atoms. The third-order valence-electron chi connectivity index (χ3n) is 11.7. The third kappa shape index (κ3) is 54.9. The number of esters is 3. The summed E-state index contributed by atoms with van der Waals surface area (Å²) < 4.78 is 16.8. The maximum Gasteiger partial charge on any atom is 0.306 e. The first-order valence-corrected chi connectivity index (χ1v) is 28.4. The molecule has 0 aliphatic rings.